The van der Waals surface area contributed by atoms with Crippen LogP contribution in [0.2, 0.25) is 5.02 Å². The third-order valence-corrected chi connectivity index (χ3v) is 8.15. The minimum Gasteiger partial charge on any atom is -0.457 e. The van der Waals surface area contributed by atoms with Crippen LogP contribution in [0, 0.1) is 5.82 Å². The molecule has 4 aromatic carbocycles. The summed E-state index contributed by atoms with van der Waals surface area (Å²) < 4.78 is 38.2. The molecule has 0 radical (unpaired) electrons. The summed E-state index contributed by atoms with van der Waals surface area (Å²) in [5.74, 6) is 1.86. The molecule has 45 heavy (non-hydrogen) atoms. The van der Waals surface area contributed by atoms with Gasteiger partial charge in [0.25, 0.3) is 0 Å². The zero-order valence-electron chi connectivity index (χ0n) is 23.6. The highest BCUT2D eigenvalue weighted by molar-refractivity contribution is 7.07. The van der Waals surface area contributed by atoms with Gasteiger partial charge in [0, 0.05) is 27.2 Å². The average Bonchev–Trinajstić information content (AvgIpc) is 3.80. The maximum atomic E-state index is 14.4. The molecule has 2 aliphatic heterocycles. The zero-order valence-corrected chi connectivity index (χ0v) is 25.1. The fraction of sp³-hybridized carbons (Fsp3) is 0.121. The third kappa shape index (κ3) is 6.26. The van der Waals surface area contributed by atoms with Crippen molar-refractivity contribution >= 4 is 40.9 Å². The van der Waals surface area contributed by atoms with E-state index < -0.39 is 5.82 Å². The van der Waals surface area contributed by atoms with Crippen LogP contribution < -0.4 is 23.9 Å². The Morgan fingerprint density at radius 1 is 0.978 bits per heavy atom. The predicted molar refractivity (Wildman–Crippen MR) is 169 cm³/mol. The lowest BCUT2D eigenvalue weighted by Gasteiger charge is -2.13. The second-order valence-electron chi connectivity index (χ2n) is 10.0. The number of nitrogens with zero attached hydrogens (tertiary/aromatic N) is 4. The van der Waals surface area contributed by atoms with Crippen molar-refractivity contribution in [2.45, 2.75) is 6.54 Å². The second kappa shape index (κ2) is 12.5. The van der Waals surface area contributed by atoms with Crippen molar-refractivity contribution in [3.63, 3.8) is 0 Å². The smallest absolute Gasteiger partial charge is 0.414 e. The Hall–Kier alpha value is -5.13. The first-order valence-corrected chi connectivity index (χ1v) is 15.2. The van der Waals surface area contributed by atoms with Gasteiger partial charge in [-0.05, 0) is 66.2 Å². The van der Waals surface area contributed by atoms with E-state index in [-0.39, 0.29) is 12.9 Å². The van der Waals surface area contributed by atoms with Crippen LogP contribution in [-0.2, 0) is 11.3 Å². The molecule has 0 spiro atoms. The number of benzene rings is 4. The highest BCUT2D eigenvalue weighted by atomic mass is 35.5. The number of hydrogen-bond donors (Lipinski definition) is 0. The SMILES string of the molecule is O=C1OCCN1c1ccc(-c2csc(=NCc3ccc4c(c3)OCO4)n2/N=C/c2cc(F)ccc2Oc2cccc(Cl)c2)cc1. The van der Waals surface area contributed by atoms with Gasteiger partial charge in [0.1, 0.15) is 23.9 Å². The fourth-order valence-corrected chi connectivity index (χ4v) is 5.86. The van der Waals surface area contributed by atoms with Gasteiger partial charge in [0.05, 0.1) is 25.0 Å². The number of carbonyl (C=O) groups is 1. The molecule has 5 aromatic rings. The third-order valence-electron chi connectivity index (χ3n) is 7.06. The molecule has 0 atom stereocenters. The molecule has 1 aromatic heterocycles. The maximum absolute atomic E-state index is 14.4. The van der Waals surface area contributed by atoms with Crippen molar-refractivity contribution in [2.24, 2.45) is 10.1 Å². The zero-order chi connectivity index (χ0) is 30.8. The number of hydrogen-bond acceptors (Lipinski definition) is 8. The second-order valence-corrected chi connectivity index (χ2v) is 11.3. The van der Waals surface area contributed by atoms with E-state index >= 15 is 0 Å². The molecule has 7 rings (SSSR count). The molecule has 9 nitrogen and oxygen atoms in total. The van der Waals surface area contributed by atoms with E-state index in [1.54, 1.807) is 39.9 Å². The molecule has 0 N–H and O–H groups in total. The monoisotopic (exact) mass is 642 g/mol. The molecule has 2 aliphatic rings. The highest BCUT2D eigenvalue weighted by Gasteiger charge is 2.23. The number of carbonyl (C=O) groups excluding carboxylic acids is 1. The van der Waals surface area contributed by atoms with Gasteiger partial charge in [-0.25, -0.2) is 13.9 Å². The molecule has 12 heteroatoms. The van der Waals surface area contributed by atoms with Crippen molar-refractivity contribution in [1.82, 2.24) is 4.68 Å². The van der Waals surface area contributed by atoms with Crippen LogP contribution in [0.3, 0.4) is 0 Å². The topological polar surface area (TPSA) is 86.9 Å². The van der Waals surface area contributed by atoms with Gasteiger partial charge in [-0.2, -0.15) is 5.10 Å². The summed E-state index contributed by atoms with van der Waals surface area (Å²) in [4.78, 5) is 19.1. The number of thiazole rings is 1. The van der Waals surface area contributed by atoms with E-state index in [4.69, 9.17) is 40.6 Å². The van der Waals surface area contributed by atoms with E-state index in [1.807, 2.05) is 47.8 Å². The standard InChI is InChI=1S/C33H24ClFN4O5S/c34-24-2-1-3-27(16-24)44-29-11-7-25(35)15-23(29)18-37-39-28(22-5-8-26(9-6-22)38-12-13-41-33(38)40)19-45-32(39)36-17-21-4-10-30-31(14-21)43-20-42-30/h1-11,14-16,18-19H,12-13,17,20H2/b36-32?,37-18+. The van der Waals surface area contributed by atoms with Gasteiger partial charge in [-0.1, -0.05) is 35.9 Å². The molecule has 226 valence electrons. The van der Waals surface area contributed by atoms with Gasteiger partial charge in [0.2, 0.25) is 11.6 Å². The van der Waals surface area contributed by atoms with E-state index in [0.29, 0.717) is 58.1 Å². The Morgan fingerprint density at radius 3 is 2.67 bits per heavy atom. The molecule has 1 saturated heterocycles. The number of amides is 1. The Kier molecular flexibility index (Phi) is 7.93. The number of ether oxygens (including phenoxy) is 4. The van der Waals surface area contributed by atoms with Crippen LogP contribution in [0.15, 0.2) is 100 Å². The summed E-state index contributed by atoms with van der Waals surface area (Å²) in [7, 11) is 0. The van der Waals surface area contributed by atoms with Gasteiger partial charge in [-0.3, -0.25) is 9.89 Å². The molecule has 0 saturated carbocycles. The summed E-state index contributed by atoms with van der Waals surface area (Å²) in [5, 5.41) is 7.23. The van der Waals surface area contributed by atoms with Crippen LogP contribution in [0.25, 0.3) is 11.3 Å². The minimum absolute atomic E-state index is 0.194. The van der Waals surface area contributed by atoms with Gasteiger partial charge in [-0.15, -0.1) is 11.3 Å². The van der Waals surface area contributed by atoms with Crippen LogP contribution in [0.5, 0.6) is 23.0 Å². The average molecular weight is 643 g/mol. The molecule has 1 fully saturated rings. The Balaban J connectivity index is 1.25. The fourth-order valence-electron chi connectivity index (χ4n) is 4.85. The number of aromatic nitrogens is 1. The Bertz CT molecular complexity index is 1990. The lowest BCUT2D eigenvalue weighted by molar-refractivity contribution is 0.174. The number of fused-ring (bicyclic) bond motifs is 1. The van der Waals surface area contributed by atoms with Crippen molar-refractivity contribution in [1.29, 1.82) is 0 Å². The number of rotatable bonds is 8. The quantitative estimate of drug-likeness (QED) is 0.164. The maximum Gasteiger partial charge on any atom is 0.414 e. The summed E-state index contributed by atoms with van der Waals surface area (Å²) in [6.45, 7) is 1.42. The first-order chi connectivity index (χ1) is 22.0. The summed E-state index contributed by atoms with van der Waals surface area (Å²) in [6.07, 6.45) is 1.17. The van der Waals surface area contributed by atoms with Crippen molar-refractivity contribution in [3.8, 4) is 34.3 Å². The van der Waals surface area contributed by atoms with Gasteiger partial charge in [0.15, 0.2) is 11.5 Å². The van der Waals surface area contributed by atoms with Crippen LogP contribution >= 0.6 is 22.9 Å². The van der Waals surface area contributed by atoms with Crippen molar-refractivity contribution in [3.05, 3.63) is 117 Å². The largest absolute Gasteiger partial charge is 0.457 e. The normalized spacial score (nSPS) is 14.4. The predicted octanol–water partition coefficient (Wildman–Crippen LogP) is 7.47. The van der Waals surface area contributed by atoms with Crippen LogP contribution in [-0.4, -0.2) is 36.9 Å². The van der Waals surface area contributed by atoms with E-state index in [9.17, 15) is 9.18 Å². The van der Waals surface area contributed by atoms with E-state index in [2.05, 4.69) is 0 Å². The molecular formula is C33H24ClFN4O5S. The van der Waals surface area contributed by atoms with Crippen LogP contribution in [0.4, 0.5) is 14.9 Å². The summed E-state index contributed by atoms with van der Waals surface area (Å²) in [6, 6.07) is 24.4. The molecule has 0 aliphatic carbocycles. The van der Waals surface area contributed by atoms with Crippen molar-refractivity contribution in [2.75, 3.05) is 24.8 Å². The number of halogens is 2. The van der Waals surface area contributed by atoms with E-state index in [0.717, 1.165) is 22.5 Å². The first kappa shape index (κ1) is 28.6. The summed E-state index contributed by atoms with van der Waals surface area (Å²) >= 11 is 7.55. The highest BCUT2D eigenvalue weighted by Crippen LogP contribution is 2.33. The number of anilines is 1. The Morgan fingerprint density at radius 2 is 1.84 bits per heavy atom. The minimum atomic E-state index is -0.436. The van der Waals surface area contributed by atoms with Gasteiger partial charge < -0.3 is 18.9 Å². The van der Waals surface area contributed by atoms with E-state index in [1.165, 1.54) is 29.7 Å². The molecule has 0 unspecified atom stereocenters. The number of cyclic esters (lactones) is 1. The van der Waals surface area contributed by atoms with Crippen LogP contribution in [0.1, 0.15) is 11.1 Å². The summed E-state index contributed by atoms with van der Waals surface area (Å²) in [5.41, 5.74) is 3.70. The molecule has 1 amide bonds. The first-order valence-electron chi connectivity index (χ1n) is 13.9. The van der Waals surface area contributed by atoms with Crippen molar-refractivity contribution < 1.29 is 28.1 Å². The van der Waals surface area contributed by atoms with Gasteiger partial charge >= 0.3 is 6.09 Å². The molecule has 0 bridgehead atoms. The Labute approximate surface area is 266 Å². The molecular weight excluding hydrogens is 619 g/mol. The molecule has 3 heterocycles. The lowest BCUT2D eigenvalue weighted by Crippen LogP contribution is -2.23. The lowest BCUT2D eigenvalue weighted by atomic mass is 10.1.